The number of nitrogens with zero attached hydrogens (tertiary/aromatic N) is 1. The molecule has 1 aromatic heterocycles. The summed E-state index contributed by atoms with van der Waals surface area (Å²) in [5.41, 5.74) is 0.880. The van der Waals surface area contributed by atoms with Crippen molar-refractivity contribution < 1.29 is 14.7 Å². The molecule has 2 N–H and O–H groups in total. The average molecular weight is 272 g/mol. The van der Waals surface area contributed by atoms with E-state index in [-0.39, 0.29) is 10.8 Å². The van der Waals surface area contributed by atoms with E-state index in [1.165, 1.54) is 12.1 Å². The lowest BCUT2D eigenvalue weighted by Gasteiger charge is -2.02. The van der Waals surface area contributed by atoms with Crippen molar-refractivity contribution in [3.63, 3.8) is 0 Å². The zero-order chi connectivity index (χ0) is 13.8. The molecule has 2 rings (SSSR count). The summed E-state index contributed by atoms with van der Waals surface area (Å²) in [4.78, 5) is 22.7. The Kier molecular flexibility index (Phi) is 3.59. The maximum absolute atomic E-state index is 11.9. The Morgan fingerprint density at radius 1 is 1.16 bits per heavy atom. The number of rotatable bonds is 3. The van der Waals surface area contributed by atoms with Crippen molar-refractivity contribution in [3.05, 3.63) is 52.4 Å². The van der Waals surface area contributed by atoms with Crippen molar-refractivity contribution in [1.29, 1.82) is 5.26 Å². The van der Waals surface area contributed by atoms with Crippen LogP contribution in [0, 0.1) is 11.3 Å². The lowest BCUT2D eigenvalue weighted by atomic mass is 10.1. The molecule has 0 bridgehead atoms. The third kappa shape index (κ3) is 2.97. The van der Waals surface area contributed by atoms with Crippen LogP contribution in [0.4, 0.5) is 5.00 Å². The molecule has 0 spiro atoms. The summed E-state index contributed by atoms with van der Waals surface area (Å²) >= 11 is 0.988. The standard InChI is InChI=1S/C13H8N2O3S/c14-7-8-1-3-9(4-2-8)12(16)15-11-6-5-10(19-11)13(17)18/h1-6H,(H,15,16)(H,17,18). The number of nitrogens with one attached hydrogen (secondary N) is 1. The van der Waals surface area contributed by atoms with E-state index in [2.05, 4.69) is 5.32 Å². The van der Waals surface area contributed by atoms with E-state index in [1.807, 2.05) is 6.07 Å². The van der Waals surface area contributed by atoms with Crippen LogP contribution >= 0.6 is 11.3 Å². The fourth-order valence-corrected chi connectivity index (χ4v) is 2.14. The molecule has 2 aromatic rings. The molecule has 0 aliphatic carbocycles. The van der Waals surface area contributed by atoms with Gasteiger partial charge >= 0.3 is 5.97 Å². The van der Waals surface area contributed by atoms with Gasteiger partial charge in [-0.1, -0.05) is 0 Å². The quantitative estimate of drug-likeness (QED) is 0.898. The number of hydrogen-bond donors (Lipinski definition) is 2. The second-order valence-electron chi connectivity index (χ2n) is 3.61. The first-order valence-electron chi connectivity index (χ1n) is 5.25. The van der Waals surface area contributed by atoms with Gasteiger partial charge in [-0.05, 0) is 36.4 Å². The normalized spacial score (nSPS) is 9.63. The van der Waals surface area contributed by atoms with Gasteiger partial charge in [0.1, 0.15) is 4.88 Å². The van der Waals surface area contributed by atoms with Crippen LogP contribution in [0.2, 0.25) is 0 Å². The molecule has 0 aliphatic heterocycles. The fraction of sp³-hybridized carbons (Fsp3) is 0. The lowest BCUT2D eigenvalue weighted by molar-refractivity contribution is 0.0702. The van der Waals surface area contributed by atoms with Gasteiger partial charge in [-0.15, -0.1) is 11.3 Å². The smallest absolute Gasteiger partial charge is 0.345 e. The Morgan fingerprint density at radius 2 is 1.84 bits per heavy atom. The molecule has 1 aromatic carbocycles. The Balaban J connectivity index is 2.11. The number of thiophene rings is 1. The first-order valence-corrected chi connectivity index (χ1v) is 6.06. The molecule has 0 radical (unpaired) electrons. The van der Waals surface area contributed by atoms with Crippen molar-refractivity contribution in [2.75, 3.05) is 5.32 Å². The largest absolute Gasteiger partial charge is 0.477 e. The van der Waals surface area contributed by atoms with E-state index in [4.69, 9.17) is 10.4 Å². The SMILES string of the molecule is N#Cc1ccc(C(=O)Nc2ccc(C(=O)O)s2)cc1. The number of carbonyl (C=O) groups excluding carboxylic acids is 1. The van der Waals surface area contributed by atoms with Gasteiger partial charge in [0.15, 0.2) is 0 Å². The highest BCUT2D eigenvalue weighted by Gasteiger charge is 2.10. The zero-order valence-corrected chi connectivity index (χ0v) is 10.4. The van der Waals surface area contributed by atoms with E-state index in [1.54, 1.807) is 24.3 Å². The number of nitriles is 1. The zero-order valence-electron chi connectivity index (χ0n) is 9.58. The van der Waals surface area contributed by atoms with Crippen molar-refractivity contribution in [1.82, 2.24) is 0 Å². The Hall–Kier alpha value is -2.65. The van der Waals surface area contributed by atoms with Crippen LogP contribution in [0.1, 0.15) is 25.6 Å². The third-order valence-corrected chi connectivity index (χ3v) is 3.32. The maximum atomic E-state index is 11.9. The highest BCUT2D eigenvalue weighted by molar-refractivity contribution is 7.18. The van der Waals surface area contributed by atoms with E-state index in [9.17, 15) is 9.59 Å². The summed E-state index contributed by atoms with van der Waals surface area (Å²) in [6.45, 7) is 0. The molecular formula is C13H8N2O3S. The molecule has 94 valence electrons. The number of benzene rings is 1. The number of amides is 1. The molecule has 0 saturated carbocycles. The predicted molar refractivity (Wildman–Crippen MR) is 70.4 cm³/mol. The van der Waals surface area contributed by atoms with Gasteiger partial charge in [-0.2, -0.15) is 5.26 Å². The van der Waals surface area contributed by atoms with Crippen molar-refractivity contribution in [3.8, 4) is 6.07 Å². The molecule has 0 unspecified atom stereocenters. The van der Waals surface area contributed by atoms with E-state index >= 15 is 0 Å². The molecule has 0 atom stereocenters. The molecule has 5 nitrogen and oxygen atoms in total. The Bertz CT molecular complexity index is 668. The van der Waals surface area contributed by atoms with Crippen LogP contribution in [0.15, 0.2) is 36.4 Å². The highest BCUT2D eigenvalue weighted by atomic mass is 32.1. The highest BCUT2D eigenvalue weighted by Crippen LogP contribution is 2.22. The molecule has 1 amide bonds. The van der Waals surface area contributed by atoms with Crippen LogP contribution in [0.5, 0.6) is 0 Å². The molecular weight excluding hydrogens is 264 g/mol. The van der Waals surface area contributed by atoms with E-state index in [0.29, 0.717) is 16.1 Å². The van der Waals surface area contributed by atoms with Crippen molar-refractivity contribution in [2.24, 2.45) is 0 Å². The van der Waals surface area contributed by atoms with Crippen LogP contribution in [0.25, 0.3) is 0 Å². The summed E-state index contributed by atoms with van der Waals surface area (Å²) in [7, 11) is 0. The first kappa shape index (κ1) is 12.8. The molecule has 6 heteroatoms. The van der Waals surface area contributed by atoms with E-state index in [0.717, 1.165) is 11.3 Å². The van der Waals surface area contributed by atoms with Gasteiger partial charge in [0.25, 0.3) is 5.91 Å². The number of carboxylic acid groups (broad SMARTS) is 1. The van der Waals surface area contributed by atoms with Crippen molar-refractivity contribution in [2.45, 2.75) is 0 Å². The lowest BCUT2D eigenvalue weighted by Crippen LogP contribution is -2.10. The number of carboxylic acids is 1. The van der Waals surface area contributed by atoms with Gasteiger partial charge in [0, 0.05) is 5.56 Å². The van der Waals surface area contributed by atoms with E-state index < -0.39 is 5.97 Å². The summed E-state index contributed by atoms with van der Waals surface area (Å²) in [6.07, 6.45) is 0. The fourth-order valence-electron chi connectivity index (χ4n) is 1.40. The maximum Gasteiger partial charge on any atom is 0.345 e. The van der Waals surface area contributed by atoms with Gasteiger partial charge in [-0.3, -0.25) is 4.79 Å². The molecule has 0 fully saturated rings. The van der Waals surface area contributed by atoms with Gasteiger partial charge < -0.3 is 10.4 Å². The van der Waals surface area contributed by atoms with Gasteiger partial charge in [0.2, 0.25) is 0 Å². The molecule has 0 saturated heterocycles. The second kappa shape index (κ2) is 5.33. The summed E-state index contributed by atoms with van der Waals surface area (Å²) in [6, 6.07) is 11.1. The minimum absolute atomic E-state index is 0.162. The summed E-state index contributed by atoms with van der Waals surface area (Å²) < 4.78 is 0. The number of hydrogen-bond acceptors (Lipinski definition) is 4. The van der Waals surface area contributed by atoms with Crippen LogP contribution < -0.4 is 5.32 Å². The monoisotopic (exact) mass is 272 g/mol. The predicted octanol–water partition coefficient (Wildman–Crippen LogP) is 2.57. The average Bonchev–Trinajstić information content (AvgIpc) is 2.87. The number of carbonyl (C=O) groups is 2. The molecule has 19 heavy (non-hydrogen) atoms. The number of aromatic carboxylic acids is 1. The second-order valence-corrected chi connectivity index (χ2v) is 4.70. The van der Waals surface area contributed by atoms with Crippen LogP contribution in [0.3, 0.4) is 0 Å². The Labute approximate surface area is 112 Å². The van der Waals surface area contributed by atoms with Crippen LogP contribution in [-0.4, -0.2) is 17.0 Å². The minimum atomic E-state index is -1.02. The first-order chi connectivity index (χ1) is 9.10. The molecule has 1 heterocycles. The van der Waals surface area contributed by atoms with Crippen LogP contribution in [-0.2, 0) is 0 Å². The summed E-state index contributed by atoms with van der Waals surface area (Å²) in [5, 5.41) is 20.5. The Morgan fingerprint density at radius 3 is 2.37 bits per heavy atom. The third-order valence-electron chi connectivity index (χ3n) is 2.33. The van der Waals surface area contributed by atoms with Crippen molar-refractivity contribution >= 4 is 28.2 Å². The van der Waals surface area contributed by atoms with Gasteiger partial charge in [-0.25, -0.2) is 4.79 Å². The minimum Gasteiger partial charge on any atom is -0.477 e. The molecule has 0 aliphatic rings. The topological polar surface area (TPSA) is 90.2 Å². The summed E-state index contributed by atoms with van der Waals surface area (Å²) in [5.74, 6) is -1.37. The van der Waals surface area contributed by atoms with Gasteiger partial charge in [0.05, 0.1) is 16.6 Å². The number of anilines is 1.